The smallest absolute Gasteiger partial charge is 0.316 e. The molecule has 1 aliphatic heterocycles. The lowest BCUT2D eigenvalue weighted by atomic mass is 9.62. The van der Waals surface area contributed by atoms with Gasteiger partial charge in [-0.25, -0.2) is 0 Å². The second-order valence-electron chi connectivity index (χ2n) is 8.81. The summed E-state index contributed by atoms with van der Waals surface area (Å²) < 4.78 is 17.7. The van der Waals surface area contributed by atoms with Crippen LogP contribution in [0.1, 0.15) is 32.8 Å². The van der Waals surface area contributed by atoms with Crippen LogP contribution in [-0.4, -0.2) is 27.5 Å². The SMILES string of the molecule is CO[C@@H]1C=C(O[Si](C)(C)C(C)(C)C)C[C@@H]2C(=O)Oc3ccccc3[C@@]21C#N. The van der Waals surface area contributed by atoms with E-state index in [9.17, 15) is 10.1 Å². The summed E-state index contributed by atoms with van der Waals surface area (Å²) in [4.78, 5) is 12.8. The first-order valence-electron chi connectivity index (χ1n) is 9.22. The number of hydrogen-bond donors (Lipinski definition) is 0. The number of carbonyl (C=O) groups is 1. The monoisotopic (exact) mass is 385 g/mol. The Bertz CT molecular complexity index is 833. The average molecular weight is 386 g/mol. The second kappa shape index (κ2) is 6.50. The Hall–Kier alpha value is -2.10. The molecule has 0 fully saturated rings. The summed E-state index contributed by atoms with van der Waals surface area (Å²) in [5, 5.41) is 10.2. The standard InChI is InChI=1S/C21H27NO4Si/c1-20(2,3)27(5,6)26-14-11-16-19(23)25-17-10-8-7-9-15(17)21(16,13-22)18(12-14)24-4/h7-10,12,16,18H,11H2,1-6H3/t16-,18-,21+/m1/s1. The van der Waals surface area contributed by atoms with Crippen LogP contribution < -0.4 is 4.74 Å². The molecule has 0 bridgehead atoms. The van der Waals surface area contributed by atoms with E-state index in [1.54, 1.807) is 19.2 Å². The molecule has 6 heteroatoms. The zero-order chi connectivity index (χ0) is 20.0. The lowest BCUT2D eigenvalue weighted by Gasteiger charge is -2.46. The minimum absolute atomic E-state index is 0.0276. The van der Waals surface area contributed by atoms with Gasteiger partial charge in [0.15, 0.2) is 0 Å². The fourth-order valence-electron chi connectivity index (χ4n) is 3.63. The molecule has 0 radical (unpaired) electrons. The molecule has 1 aliphatic carbocycles. The number of hydrogen-bond acceptors (Lipinski definition) is 5. The highest BCUT2D eigenvalue weighted by atomic mass is 28.4. The average Bonchev–Trinajstić information content (AvgIpc) is 2.60. The molecule has 1 heterocycles. The molecule has 0 spiro atoms. The molecule has 1 aromatic rings. The summed E-state index contributed by atoms with van der Waals surface area (Å²) in [6.45, 7) is 10.8. The highest BCUT2D eigenvalue weighted by molar-refractivity contribution is 6.74. The van der Waals surface area contributed by atoms with E-state index < -0.39 is 31.7 Å². The number of ether oxygens (including phenoxy) is 2. The highest BCUT2D eigenvalue weighted by Gasteiger charge is 2.58. The number of allylic oxidation sites excluding steroid dienone is 1. The molecular weight excluding hydrogens is 358 g/mol. The van der Waals surface area contributed by atoms with Crippen LogP contribution in [0.4, 0.5) is 0 Å². The first kappa shape index (κ1) is 19.7. The number of nitriles is 1. The van der Waals surface area contributed by atoms with Crippen molar-refractivity contribution < 1.29 is 18.7 Å². The van der Waals surface area contributed by atoms with E-state index in [4.69, 9.17) is 13.9 Å². The van der Waals surface area contributed by atoms with Gasteiger partial charge in [0.25, 0.3) is 0 Å². The fraction of sp³-hybridized carbons (Fsp3) is 0.524. The van der Waals surface area contributed by atoms with Crippen molar-refractivity contribution in [2.45, 2.75) is 56.8 Å². The van der Waals surface area contributed by atoms with Gasteiger partial charge in [-0.3, -0.25) is 4.79 Å². The second-order valence-corrected chi connectivity index (χ2v) is 13.5. The molecule has 2 aliphatic rings. The van der Waals surface area contributed by atoms with Gasteiger partial charge in [0.1, 0.15) is 17.3 Å². The van der Waals surface area contributed by atoms with Gasteiger partial charge in [-0.05, 0) is 30.3 Å². The summed E-state index contributed by atoms with van der Waals surface area (Å²) in [7, 11) is -0.514. The van der Waals surface area contributed by atoms with Gasteiger partial charge in [0.2, 0.25) is 8.32 Å². The number of benzene rings is 1. The van der Waals surface area contributed by atoms with Crippen molar-refractivity contribution in [2.75, 3.05) is 7.11 Å². The van der Waals surface area contributed by atoms with E-state index in [0.29, 0.717) is 17.7 Å². The Morgan fingerprint density at radius 3 is 2.56 bits per heavy atom. The number of esters is 1. The maximum atomic E-state index is 12.8. The number of methoxy groups -OCH3 is 1. The molecule has 5 nitrogen and oxygen atoms in total. The summed E-state index contributed by atoms with van der Waals surface area (Å²) in [6.07, 6.45) is 1.64. The summed E-state index contributed by atoms with van der Waals surface area (Å²) in [5.74, 6) is 0.0963. The van der Waals surface area contributed by atoms with Gasteiger partial charge in [-0.1, -0.05) is 39.0 Å². The molecule has 0 amide bonds. The van der Waals surface area contributed by atoms with Crippen LogP contribution in [0.2, 0.25) is 18.1 Å². The lowest BCUT2D eigenvalue weighted by Crippen LogP contribution is -2.55. The Kier molecular flexibility index (Phi) is 4.73. The van der Waals surface area contributed by atoms with E-state index in [1.165, 1.54) is 0 Å². The third-order valence-corrected chi connectivity index (χ3v) is 10.6. The molecule has 0 N–H and O–H groups in total. The van der Waals surface area contributed by atoms with E-state index in [1.807, 2.05) is 18.2 Å². The van der Waals surface area contributed by atoms with Crippen molar-refractivity contribution in [3.05, 3.63) is 41.7 Å². The van der Waals surface area contributed by atoms with Crippen molar-refractivity contribution >= 4 is 14.3 Å². The number of carbonyl (C=O) groups excluding carboxylic acids is 1. The minimum atomic E-state index is -2.08. The summed E-state index contributed by atoms with van der Waals surface area (Å²) in [5.41, 5.74) is -0.410. The van der Waals surface area contributed by atoms with Crippen molar-refractivity contribution in [3.8, 4) is 11.8 Å². The molecular formula is C21H27NO4Si. The van der Waals surface area contributed by atoms with Crippen molar-refractivity contribution in [1.82, 2.24) is 0 Å². The minimum Gasteiger partial charge on any atom is -0.547 e. The van der Waals surface area contributed by atoms with Crippen LogP contribution in [0.25, 0.3) is 0 Å². The number of fused-ring (bicyclic) bond motifs is 3. The largest absolute Gasteiger partial charge is 0.547 e. The molecule has 3 rings (SSSR count). The number of rotatable bonds is 3. The van der Waals surface area contributed by atoms with E-state index in [0.717, 1.165) is 5.76 Å². The molecule has 0 saturated heterocycles. The predicted molar refractivity (Wildman–Crippen MR) is 105 cm³/mol. The number of nitrogens with zero attached hydrogens (tertiary/aromatic N) is 1. The zero-order valence-corrected chi connectivity index (χ0v) is 17.8. The van der Waals surface area contributed by atoms with E-state index >= 15 is 0 Å². The normalized spacial score (nSPS) is 27.6. The maximum absolute atomic E-state index is 12.8. The Balaban J connectivity index is 2.10. The van der Waals surface area contributed by atoms with Crippen molar-refractivity contribution in [3.63, 3.8) is 0 Å². The third-order valence-electron chi connectivity index (χ3n) is 6.20. The van der Waals surface area contributed by atoms with Crippen LogP contribution >= 0.6 is 0 Å². The first-order chi connectivity index (χ1) is 12.6. The topological polar surface area (TPSA) is 68.6 Å². The van der Waals surface area contributed by atoms with Crippen LogP contribution in [0.15, 0.2) is 36.1 Å². The molecule has 3 atom stereocenters. The van der Waals surface area contributed by atoms with Gasteiger partial charge in [-0.15, -0.1) is 0 Å². The van der Waals surface area contributed by atoms with Gasteiger partial charge in [0, 0.05) is 19.1 Å². The molecule has 0 unspecified atom stereocenters. The highest BCUT2D eigenvalue weighted by Crippen LogP contribution is 2.51. The van der Waals surface area contributed by atoms with Crippen LogP contribution in [0.5, 0.6) is 5.75 Å². The molecule has 0 saturated carbocycles. The van der Waals surface area contributed by atoms with Gasteiger partial charge in [-0.2, -0.15) is 5.26 Å². The van der Waals surface area contributed by atoms with Crippen LogP contribution in [0.3, 0.4) is 0 Å². The van der Waals surface area contributed by atoms with E-state index in [2.05, 4.69) is 39.9 Å². The molecule has 1 aromatic carbocycles. The Morgan fingerprint density at radius 1 is 1.30 bits per heavy atom. The fourth-order valence-corrected chi connectivity index (χ4v) is 4.74. The van der Waals surface area contributed by atoms with Gasteiger partial charge >= 0.3 is 5.97 Å². The van der Waals surface area contributed by atoms with Crippen LogP contribution in [0, 0.1) is 17.2 Å². The van der Waals surface area contributed by atoms with Crippen molar-refractivity contribution in [2.24, 2.45) is 5.92 Å². The molecule has 144 valence electrons. The summed E-state index contributed by atoms with van der Waals surface area (Å²) in [6, 6.07) is 9.62. The molecule has 0 aromatic heterocycles. The van der Waals surface area contributed by atoms with Gasteiger partial charge in [0.05, 0.1) is 17.7 Å². The van der Waals surface area contributed by atoms with E-state index in [-0.39, 0.29) is 5.04 Å². The Labute approximate surface area is 162 Å². The molecule has 27 heavy (non-hydrogen) atoms. The third kappa shape index (κ3) is 2.99. The predicted octanol–water partition coefficient (Wildman–Crippen LogP) is 4.31. The van der Waals surface area contributed by atoms with Gasteiger partial charge < -0.3 is 13.9 Å². The van der Waals surface area contributed by atoms with Crippen LogP contribution in [-0.2, 0) is 19.4 Å². The lowest BCUT2D eigenvalue weighted by molar-refractivity contribution is -0.145. The maximum Gasteiger partial charge on any atom is 0.316 e. The van der Waals surface area contributed by atoms with Crippen molar-refractivity contribution in [1.29, 1.82) is 5.26 Å². The number of para-hydroxylation sites is 1. The Morgan fingerprint density at radius 2 is 1.96 bits per heavy atom. The zero-order valence-electron chi connectivity index (χ0n) is 16.8. The first-order valence-corrected chi connectivity index (χ1v) is 12.1. The quantitative estimate of drug-likeness (QED) is 0.441. The summed E-state index contributed by atoms with van der Waals surface area (Å²) >= 11 is 0.